The van der Waals surface area contributed by atoms with Crippen LogP contribution >= 0.6 is 0 Å². The van der Waals surface area contributed by atoms with Crippen LogP contribution in [0.3, 0.4) is 0 Å². The number of benzene rings is 2. The quantitative estimate of drug-likeness (QED) is 0.768. The number of carbonyl (C=O) groups excluding carboxylic acids is 2. The predicted molar refractivity (Wildman–Crippen MR) is 100 cm³/mol. The molecule has 1 N–H and O–H groups in total. The van der Waals surface area contributed by atoms with Gasteiger partial charge in [0.1, 0.15) is 11.6 Å². The normalized spacial score (nSPS) is 17.3. The summed E-state index contributed by atoms with van der Waals surface area (Å²) in [5.41, 5.74) is 2.98. The number of aromatic nitrogens is 1. The number of amides is 2. The zero-order chi connectivity index (χ0) is 18.8. The molecule has 1 fully saturated rings. The molecule has 1 aliphatic rings. The van der Waals surface area contributed by atoms with Crippen molar-refractivity contribution in [3.05, 3.63) is 48.5 Å². The molecule has 0 saturated carbocycles. The van der Waals surface area contributed by atoms with Gasteiger partial charge in [0, 0.05) is 24.8 Å². The Morgan fingerprint density at radius 1 is 1.22 bits per heavy atom. The summed E-state index contributed by atoms with van der Waals surface area (Å²) in [6.07, 6.45) is -0.724. The van der Waals surface area contributed by atoms with Crippen LogP contribution in [0.25, 0.3) is 22.6 Å². The first-order chi connectivity index (χ1) is 13.1. The second kappa shape index (κ2) is 7.20. The maximum absolute atomic E-state index is 12.2. The molecule has 27 heavy (non-hydrogen) atoms. The largest absolute Gasteiger partial charge is 0.436 e. The summed E-state index contributed by atoms with van der Waals surface area (Å²) in [7, 11) is 1.71. The zero-order valence-electron chi connectivity index (χ0n) is 14.8. The molecule has 2 heterocycles. The van der Waals surface area contributed by atoms with Gasteiger partial charge in [0.15, 0.2) is 5.58 Å². The minimum Gasteiger partial charge on any atom is -0.436 e. The highest BCUT2D eigenvalue weighted by molar-refractivity contribution is 5.95. The summed E-state index contributed by atoms with van der Waals surface area (Å²) in [4.78, 5) is 30.2. The number of oxazole rings is 1. The van der Waals surface area contributed by atoms with Gasteiger partial charge in [-0.25, -0.2) is 4.98 Å². The second-order valence-corrected chi connectivity index (χ2v) is 6.44. The summed E-state index contributed by atoms with van der Waals surface area (Å²) in [6, 6.07) is 14.8. The Labute approximate surface area is 155 Å². The topological polar surface area (TPSA) is 84.7 Å². The first-order valence-electron chi connectivity index (χ1n) is 8.72. The van der Waals surface area contributed by atoms with Crippen LogP contribution in [-0.2, 0) is 14.3 Å². The number of carbonyl (C=O) groups is 2. The van der Waals surface area contributed by atoms with E-state index in [-0.39, 0.29) is 18.2 Å². The lowest BCUT2D eigenvalue weighted by atomic mass is 10.1. The lowest BCUT2D eigenvalue weighted by Gasteiger charge is -2.29. The molecule has 1 aliphatic heterocycles. The molecule has 2 amide bonds. The van der Waals surface area contributed by atoms with E-state index in [0.717, 1.165) is 16.7 Å². The average molecular weight is 365 g/mol. The smallest absolute Gasteiger partial charge is 0.252 e. The zero-order valence-corrected chi connectivity index (χ0v) is 14.8. The molecule has 7 heteroatoms. The number of likely N-dealkylation sites (N-methyl/N-ethyl adjacent to an activating group) is 1. The van der Waals surface area contributed by atoms with Gasteiger partial charge >= 0.3 is 0 Å². The highest BCUT2D eigenvalue weighted by Crippen LogP contribution is 2.25. The summed E-state index contributed by atoms with van der Waals surface area (Å²) in [6.45, 7) is 0.994. The third kappa shape index (κ3) is 3.68. The molecule has 0 radical (unpaired) electrons. The van der Waals surface area contributed by atoms with E-state index in [2.05, 4.69) is 10.3 Å². The summed E-state index contributed by atoms with van der Waals surface area (Å²) < 4.78 is 11.1. The Bertz CT molecular complexity index is 947. The SMILES string of the molecule is CN1CCOC(CC(=O)Nc2ccc(-c3nc4ccccc4o3)cc2)C1=O. The van der Waals surface area contributed by atoms with Crippen molar-refractivity contribution in [1.82, 2.24) is 9.88 Å². The van der Waals surface area contributed by atoms with Gasteiger partial charge in [-0.05, 0) is 36.4 Å². The van der Waals surface area contributed by atoms with Crippen molar-refractivity contribution < 1.29 is 18.7 Å². The minimum atomic E-state index is -0.720. The number of nitrogens with zero attached hydrogens (tertiary/aromatic N) is 2. The fraction of sp³-hybridized carbons (Fsp3) is 0.250. The van der Waals surface area contributed by atoms with Crippen LogP contribution < -0.4 is 5.32 Å². The summed E-state index contributed by atoms with van der Waals surface area (Å²) in [5.74, 6) is 0.0966. The van der Waals surface area contributed by atoms with Crippen LogP contribution in [0.5, 0.6) is 0 Å². The fourth-order valence-electron chi connectivity index (χ4n) is 2.98. The van der Waals surface area contributed by atoms with Crippen LogP contribution in [-0.4, -0.2) is 48.0 Å². The standard InChI is InChI=1S/C20H19N3O4/c1-23-10-11-26-17(20(23)25)12-18(24)21-14-8-6-13(7-9-14)19-22-15-4-2-3-5-16(15)27-19/h2-9,17H,10-12H2,1H3,(H,21,24). The van der Waals surface area contributed by atoms with Gasteiger partial charge in [-0.3, -0.25) is 9.59 Å². The van der Waals surface area contributed by atoms with E-state index in [1.807, 2.05) is 36.4 Å². The van der Waals surface area contributed by atoms with Crippen molar-refractivity contribution in [2.75, 3.05) is 25.5 Å². The number of morpholine rings is 1. The van der Waals surface area contributed by atoms with Crippen molar-refractivity contribution in [2.45, 2.75) is 12.5 Å². The average Bonchev–Trinajstić information content (AvgIpc) is 3.10. The number of nitrogens with one attached hydrogen (secondary N) is 1. The molecule has 1 unspecified atom stereocenters. The number of rotatable bonds is 4. The van der Waals surface area contributed by atoms with Gasteiger partial charge < -0.3 is 19.4 Å². The van der Waals surface area contributed by atoms with Crippen LogP contribution in [0, 0.1) is 0 Å². The van der Waals surface area contributed by atoms with E-state index in [1.54, 1.807) is 24.1 Å². The summed E-state index contributed by atoms with van der Waals surface area (Å²) in [5, 5.41) is 2.79. The molecule has 1 saturated heterocycles. The second-order valence-electron chi connectivity index (χ2n) is 6.44. The lowest BCUT2D eigenvalue weighted by molar-refractivity contribution is -0.153. The number of fused-ring (bicyclic) bond motifs is 1. The number of hydrogen-bond donors (Lipinski definition) is 1. The third-order valence-corrected chi connectivity index (χ3v) is 4.48. The molecular formula is C20H19N3O4. The van der Waals surface area contributed by atoms with Gasteiger partial charge in [0.2, 0.25) is 11.8 Å². The van der Waals surface area contributed by atoms with Crippen molar-refractivity contribution in [2.24, 2.45) is 0 Å². The third-order valence-electron chi connectivity index (χ3n) is 4.48. The number of anilines is 1. The monoisotopic (exact) mass is 365 g/mol. The van der Waals surface area contributed by atoms with E-state index >= 15 is 0 Å². The molecule has 2 aromatic carbocycles. The van der Waals surface area contributed by atoms with E-state index in [1.165, 1.54) is 0 Å². The molecule has 4 rings (SSSR count). The maximum Gasteiger partial charge on any atom is 0.252 e. The first kappa shape index (κ1) is 17.2. The van der Waals surface area contributed by atoms with E-state index in [9.17, 15) is 9.59 Å². The molecular weight excluding hydrogens is 346 g/mol. The molecule has 0 aliphatic carbocycles. The number of ether oxygens (including phenoxy) is 1. The fourth-order valence-corrected chi connectivity index (χ4v) is 2.98. The van der Waals surface area contributed by atoms with E-state index < -0.39 is 6.10 Å². The number of hydrogen-bond acceptors (Lipinski definition) is 5. The summed E-state index contributed by atoms with van der Waals surface area (Å²) >= 11 is 0. The van der Waals surface area contributed by atoms with Gasteiger partial charge in [0.05, 0.1) is 13.0 Å². The Morgan fingerprint density at radius 2 is 2.00 bits per heavy atom. The van der Waals surface area contributed by atoms with Gasteiger partial charge in [-0.15, -0.1) is 0 Å². The highest BCUT2D eigenvalue weighted by atomic mass is 16.5. The molecule has 138 valence electrons. The van der Waals surface area contributed by atoms with Crippen molar-refractivity contribution in [3.63, 3.8) is 0 Å². The molecule has 0 spiro atoms. The van der Waals surface area contributed by atoms with Crippen molar-refractivity contribution in [1.29, 1.82) is 0 Å². The van der Waals surface area contributed by atoms with Gasteiger partial charge in [-0.1, -0.05) is 12.1 Å². The van der Waals surface area contributed by atoms with E-state index in [0.29, 0.717) is 24.7 Å². The minimum absolute atomic E-state index is 0.00392. The van der Waals surface area contributed by atoms with Crippen LogP contribution in [0.1, 0.15) is 6.42 Å². The van der Waals surface area contributed by atoms with Gasteiger partial charge in [-0.2, -0.15) is 0 Å². The first-order valence-corrected chi connectivity index (χ1v) is 8.72. The molecule has 7 nitrogen and oxygen atoms in total. The molecule has 3 aromatic rings. The molecule has 1 atom stereocenters. The predicted octanol–water partition coefficient (Wildman–Crippen LogP) is 2.68. The Kier molecular flexibility index (Phi) is 4.60. The van der Waals surface area contributed by atoms with Crippen LogP contribution in [0.2, 0.25) is 0 Å². The van der Waals surface area contributed by atoms with Crippen LogP contribution in [0.15, 0.2) is 52.9 Å². The van der Waals surface area contributed by atoms with Crippen molar-refractivity contribution in [3.8, 4) is 11.5 Å². The molecule has 0 bridgehead atoms. The Balaban J connectivity index is 1.41. The van der Waals surface area contributed by atoms with Crippen LogP contribution in [0.4, 0.5) is 5.69 Å². The number of para-hydroxylation sites is 2. The Hall–Kier alpha value is -3.19. The lowest BCUT2D eigenvalue weighted by Crippen LogP contribution is -2.46. The Morgan fingerprint density at radius 3 is 2.78 bits per heavy atom. The highest BCUT2D eigenvalue weighted by Gasteiger charge is 2.29. The van der Waals surface area contributed by atoms with E-state index in [4.69, 9.17) is 9.15 Å². The maximum atomic E-state index is 12.2. The van der Waals surface area contributed by atoms with Crippen molar-refractivity contribution >= 4 is 28.6 Å². The molecule has 1 aromatic heterocycles. The van der Waals surface area contributed by atoms with Gasteiger partial charge in [0.25, 0.3) is 5.91 Å².